The van der Waals surface area contributed by atoms with E-state index in [-0.39, 0.29) is 18.9 Å². The van der Waals surface area contributed by atoms with E-state index < -0.39 is 67.4 Å². The minimum Gasteiger partial charge on any atom is -0.480 e. The van der Waals surface area contributed by atoms with Crippen LogP contribution in [0.4, 0.5) is 0 Å². The second kappa shape index (κ2) is 17.9. The highest BCUT2D eigenvalue weighted by molar-refractivity contribution is 5.93. The molecule has 0 aliphatic rings. The number of carbonyl (C=O) groups excluding carboxylic acids is 4. The van der Waals surface area contributed by atoms with Crippen LogP contribution in [0.2, 0.25) is 0 Å². The number of aliphatic hydroxyl groups excluding tert-OH is 1. The number of rotatable bonds is 18. The second-order valence-corrected chi connectivity index (χ2v) is 7.54. The van der Waals surface area contributed by atoms with E-state index >= 15 is 0 Å². The fraction of sp³-hybridized carbons (Fsp3) is 0.684. The molecule has 0 fully saturated rings. The Morgan fingerprint density at radius 3 is 2.06 bits per heavy atom. The largest absolute Gasteiger partial charge is 0.480 e. The molecule has 35 heavy (non-hydrogen) atoms. The number of carboxylic acids is 1. The van der Waals surface area contributed by atoms with Crippen LogP contribution in [0.25, 0.3) is 0 Å². The van der Waals surface area contributed by atoms with Gasteiger partial charge in [0.15, 0.2) is 5.96 Å². The second-order valence-electron chi connectivity index (χ2n) is 7.54. The number of unbranched alkanes of at least 4 members (excludes halogenated alkanes) is 1. The van der Waals surface area contributed by atoms with E-state index in [1.807, 2.05) is 5.32 Å². The van der Waals surface area contributed by atoms with Gasteiger partial charge in [-0.3, -0.25) is 24.2 Å². The number of aliphatic imine (C=N–C) groups is 1. The normalized spacial score (nSPS) is 13.0. The maximum Gasteiger partial charge on any atom is 0.328 e. The third kappa shape index (κ3) is 15.1. The smallest absolute Gasteiger partial charge is 0.328 e. The summed E-state index contributed by atoms with van der Waals surface area (Å²) < 4.78 is 0. The Morgan fingerprint density at radius 1 is 0.829 bits per heavy atom. The molecule has 16 nitrogen and oxygen atoms in total. The quantitative estimate of drug-likeness (QED) is 0.0478. The van der Waals surface area contributed by atoms with E-state index in [2.05, 4.69) is 20.9 Å². The molecule has 0 rings (SSSR count). The Balaban J connectivity index is 4.78. The van der Waals surface area contributed by atoms with E-state index in [4.69, 9.17) is 33.1 Å². The molecule has 14 N–H and O–H groups in total. The molecule has 0 heterocycles. The molecule has 0 aliphatic heterocycles. The fourth-order valence-electron chi connectivity index (χ4n) is 2.65. The number of nitrogens with one attached hydrogen (secondary N) is 4. The minimum atomic E-state index is -1.51. The van der Waals surface area contributed by atoms with Gasteiger partial charge >= 0.3 is 5.97 Å². The molecule has 3 atom stereocenters. The molecule has 0 spiro atoms. The number of hydrogen-bond donors (Lipinski definition) is 10. The summed E-state index contributed by atoms with van der Waals surface area (Å²) in [6.07, 6.45) is 2.24. The van der Waals surface area contributed by atoms with Crippen LogP contribution in [0.1, 0.15) is 32.1 Å². The van der Waals surface area contributed by atoms with Crippen molar-refractivity contribution < 1.29 is 34.2 Å². The molecular formula is C19H37N9O7. The molecule has 0 aliphatic carbocycles. The first-order valence-electron chi connectivity index (χ1n) is 11.0. The number of carboxylic acid groups (broad SMARTS) is 1. The maximum atomic E-state index is 12.6. The highest BCUT2D eigenvalue weighted by Gasteiger charge is 2.24. The monoisotopic (exact) mass is 503 g/mol. The first-order chi connectivity index (χ1) is 16.5. The van der Waals surface area contributed by atoms with Gasteiger partial charge in [-0.1, -0.05) is 6.42 Å². The van der Waals surface area contributed by atoms with Crippen LogP contribution in [0.15, 0.2) is 4.99 Å². The molecule has 0 radical (unpaired) electrons. The third-order valence-corrected chi connectivity index (χ3v) is 4.57. The summed E-state index contributed by atoms with van der Waals surface area (Å²) in [6, 6.07) is -3.37. The van der Waals surface area contributed by atoms with Gasteiger partial charge in [0, 0.05) is 6.54 Å². The van der Waals surface area contributed by atoms with Gasteiger partial charge in [0.2, 0.25) is 23.6 Å². The van der Waals surface area contributed by atoms with Crippen molar-refractivity contribution >= 4 is 35.6 Å². The molecule has 0 aromatic rings. The highest BCUT2D eigenvalue weighted by atomic mass is 16.4. The van der Waals surface area contributed by atoms with Crippen LogP contribution >= 0.6 is 0 Å². The molecule has 0 saturated heterocycles. The van der Waals surface area contributed by atoms with Gasteiger partial charge in [0.1, 0.15) is 12.1 Å². The lowest BCUT2D eigenvalue weighted by atomic mass is 10.1. The maximum absolute atomic E-state index is 12.6. The van der Waals surface area contributed by atoms with Gasteiger partial charge in [-0.25, -0.2) is 4.79 Å². The molecule has 0 bridgehead atoms. The number of aliphatic carboxylic acids is 1. The predicted octanol–water partition coefficient (Wildman–Crippen LogP) is -5.22. The summed E-state index contributed by atoms with van der Waals surface area (Å²) >= 11 is 0. The molecule has 0 saturated carbocycles. The van der Waals surface area contributed by atoms with Crippen LogP contribution < -0.4 is 44.2 Å². The van der Waals surface area contributed by atoms with Crippen LogP contribution in [0.3, 0.4) is 0 Å². The Labute approximate surface area is 202 Å². The lowest BCUT2D eigenvalue weighted by molar-refractivity contribution is -0.142. The van der Waals surface area contributed by atoms with Crippen LogP contribution in [0.5, 0.6) is 0 Å². The summed E-state index contributed by atoms with van der Waals surface area (Å²) in [6.45, 7) is -1.23. The van der Waals surface area contributed by atoms with Crippen molar-refractivity contribution in [2.75, 3.05) is 32.8 Å². The lowest BCUT2D eigenvalue weighted by Gasteiger charge is -2.20. The Bertz CT molecular complexity index is 744. The average molecular weight is 504 g/mol. The molecule has 16 heteroatoms. The minimum absolute atomic E-state index is 0.119. The van der Waals surface area contributed by atoms with Gasteiger partial charge in [0.25, 0.3) is 0 Å². The lowest BCUT2D eigenvalue weighted by Crippen LogP contribution is -2.53. The van der Waals surface area contributed by atoms with Gasteiger partial charge < -0.3 is 54.4 Å². The van der Waals surface area contributed by atoms with E-state index in [1.165, 1.54) is 0 Å². The average Bonchev–Trinajstić information content (AvgIpc) is 2.80. The summed E-state index contributed by atoms with van der Waals surface area (Å²) in [5.41, 5.74) is 21.8. The number of aliphatic hydroxyl groups is 1. The third-order valence-electron chi connectivity index (χ3n) is 4.57. The summed E-state index contributed by atoms with van der Waals surface area (Å²) in [5.74, 6) is -4.35. The summed E-state index contributed by atoms with van der Waals surface area (Å²) in [7, 11) is 0. The standard InChI is InChI=1S/C19H37N9O7/c20-6-2-1-4-11(21)16(32)28-12(5-3-7-24-19(22)23)17(33)26-8-14(30)25-9-15(31)27-13(10-29)18(34)35/h11-13,29H,1-10,20-21H2,(H,25,30)(H,26,33)(H,27,31)(H,28,32)(H,34,35)(H4,22,23,24). The van der Waals surface area contributed by atoms with Gasteiger partial charge in [-0.15, -0.1) is 0 Å². The number of nitrogens with two attached hydrogens (primary N) is 4. The van der Waals surface area contributed by atoms with Crippen LogP contribution in [0, 0.1) is 0 Å². The predicted molar refractivity (Wildman–Crippen MR) is 125 cm³/mol. The number of nitrogens with zero attached hydrogens (tertiary/aromatic N) is 1. The van der Waals surface area contributed by atoms with Crippen molar-refractivity contribution in [2.24, 2.45) is 27.9 Å². The zero-order valence-electron chi connectivity index (χ0n) is 19.5. The zero-order valence-corrected chi connectivity index (χ0v) is 19.5. The molecular weight excluding hydrogens is 466 g/mol. The van der Waals surface area contributed by atoms with E-state index in [0.29, 0.717) is 32.2 Å². The van der Waals surface area contributed by atoms with Gasteiger partial charge in [0.05, 0.1) is 25.7 Å². The Kier molecular flexibility index (Phi) is 16.1. The van der Waals surface area contributed by atoms with Crippen molar-refractivity contribution in [1.82, 2.24) is 21.3 Å². The molecule has 200 valence electrons. The Morgan fingerprint density at radius 2 is 1.49 bits per heavy atom. The SMILES string of the molecule is NCCCCC(N)C(=O)NC(CCCN=C(N)N)C(=O)NCC(=O)NCC(=O)NC(CO)C(=O)O. The Hall–Kier alpha value is -3.50. The topological polar surface area (TPSA) is 290 Å². The first kappa shape index (κ1) is 31.5. The summed E-state index contributed by atoms with van der Waals surface area (Å²) in [5, 5.41) is 26.8. The van der Waals surface area contributed by atoms with E-state index in [1.54, 1.807) is 0 Å². The highest BCUT2D eigenvalue weighted by Crippen LogP contribution is 2.02. The van der Waals surface area contributed by atoms with Crippen molar-refractivity contribution in [3.63, 3.8) is 0 Å². The fourth-order valence-corrected chi connectivity index (χ4v) is 2.65. The number of carbonyl (C=O) groups is 5. The molecule has 4 amide bonds. The number of guanidine groups is 1. The number of hydrogen-bond acceptors (Lipinski definition) is 9. The van der Waals surface area contributed by atoms with E-state index in [0.717, 1.165) is 0 Å². The van der Waals surface area contributed by atoms with Crippen LogP contribution in [-0.4, -0.2) is 96.7 Å². The summed E-state index contributed by atoms with van der Waals surface area (Å²) in [4.78, 5) is 63.1. The number of amides is 4. The van der Waals surface area contributed by atoms with Gasteiger partial charge in [-0.05, 0) is 32.2 Å². The molecule has 3 unspecified atom stereocenters. The first-order valence-corrected chi connectivity index (χ1v) is 11.0. The van der Waals surface area contributed by atoms with Crippen molar-refractivity contribution in [3.8, 4) is 0 Å². The van der Waals surface area contributed by atoms with Crippen molar-refractivity contribution in [1.29, 1.82) is 0 Å². The molecule has 0 aromatic heterocycles. The molecule has 0 aromatic carbocycles. The van der Waals surface area contributed by atoms with Crippen molar-refractivity contribution in [3.05, 3.63) is 0 Å². The van der Waals surface area contributed by atoms with Crippen LogP contribution in [-0.2, 0) is 24.0 Å². The van der Waals surface area contributed by atoms with Crippen molar-refractivity contribution in [2.45, 2.75) is 50.2 Å². The zero-order chi connectivity index (χ0) is 26.8. The van der Waals surface area contributed by atoms with Gasteiger partial charge in [-0.2, -0.15) is 0 Å². The van der Waals surface area contributed by atoms with E-state index in [9.17, 15) is 24.0 Å².